The smallest absolute Gasteiger partial charge is 0.278 e. The molecular formula is C26H30N2O3. The minimum atomic E-state index is -0.217. The quantitative estimate of drug-likeness (QED) is 0.681. The molecular weight excluding hydrogens is 388 g/mol. The zero-order chi connectivity index (χ0) is 22.1. The highest BCUT2D eigenvalue weighted by molar-refractivity contribution is 6.35. The van der Waals surface area contributed by atoms with Crippen molar-refractivity contribution in [2.45, 2.75) is 33.7 Å². The fourth-order valence-corrected chi connectivity index (χ4v) is 4.74. The van der Waals surface area contributed by atoms with Gasteiger partial charge in [0.05, 0.1) is 19.2 Å². The zero-order valence-electron chi connectivity index (χ0n) is 18.7. The zero-order valence-corrected chi connectivity index (χ0v) is 18.7. The van der Waals surface area contributed by atoms with E-state index < -0.39 is 0 Å². The van der Waals surface area contributed by atoms with Crippen molar-refractivity contribution >= 4 is 17.4 Å². The summed E-state index contributed by atoms with van der Waals surface area (Å²) in [5, 5.41) is 0. The van der Waals surface area contributed by atoms with Crippen molar-refractivity contribution in [3.8, 4) is 5.75 Å². The Bertz CT molecular complexity index is 998. The van der Waals surface area contributed by atoms with Crippen molar-refractivity contribution in [3.63, 3.8) is 0 Å². The van der Waals surface area contributed by atoms with Crippen molar-refractivity contribution in [2.75, 3.05) is 20.2 Å². The Hall–Kier alpha value is -3.08. The van der Waals surface area contributed by atoms with Gasteiger partial charge < -0.3 is 9.64 Å². The molecule has 0 aromatic heterocycles. The highest BCUT2D eigenvalue weighted by Crippen LogP contribution is 2.35. The van der Waals surface area contributed by atoms with Crippen LogP contribution < -0.4 is 4.74 Å². The standard InChI is InChI=1S/C26H30N2O3/c1-17-5-9-21(10-6-17)23-24(27-14-18(2)13-19(3)15-27)26(30)28(25(23)29)16-20-7-11-22(31-4)12-8-20/h5-12,18-19H,13-16H2,1-4H3. The van der Waals surface area contributed by atoms with Gasteiger partial charge in [-0.25, -0.2) is 0 Å². The van der Waals surface area contributed by atoms with Crippen LogP contribution in [-0.4, -0.2) is 41.8 Å². The van der Waals surface area contributed by atoms with Crippen LogP contribution in [-0.2, 0) is 16.1 Å². The van der Waals surface area contributed by atoms with Gasteiger partial charge in [0.2, 0.25) is 0 Å². The van der Waals surface area contributed by atoms with Gasteiger partial charge in [-0.1, -0.05) is 55.8 Å². The van der Waals surface area contributed by atoms with Gasteiger partial charge in [0.1, 0.15) is 11.4 Å². The molecule has 2 aromatic rings. The second-order valence-electron chi connectivity index (χ2n) is 8.99. The lowest BCUT2D eigenvalue weighted by Gasteiger charge is -2.37. The maximum absolute atomic E-state index is 13.6. The first-order valence-corrected chi connectivity index (χ1v) is 10.9. The molecule has 2 aromatic carbocycles. The highest BCUT2D eigenvalue weighted by atomic mass is 16.5. The molecule has 0 N–H and O–H groups in total. The molecule has 0 spiro atoms. The van der Waals surface area contributed by atoms with Crippen LogP contribution in [0.5, 0.6) is 5.75 Å². The molecule has 31 heavy (non-hydrogen) atoms. The number of ether oxygens (including phenoxy) is 1. The molecule has 0 radical (unpaired) electrons. The Morgan fingerprint density at radius 2 is 1.52 bits per heavy atom. The lowest BCUT2D eigenvalue weighted by Crippen LogP contribution is -2.41. The van der Waals surface area contributed by atoms with Crippen LogP contribution in [0.1, 0.15) is 37.0 Å². The van der Waals surface area contributed by atoms with E-state index >= 15 is 0 Å². The van der Waals surface area contributed by atoms with Gasteiger partial charge in [0.25, 0.3) is 11.8 Å². The van der Waals surface area contributed by atoms with E-state index in [1.54, 1.807) is 7.11 Å². The topological polar surface area (TPSA) is 49.9 Å². The minimum absolute atomic E-state index is 0.197. The van der Waals surface area contributed by atoms with Crippen LogP contribution in [0.4, 0.5) is 0 Å². The molecule has 5 nitrogen and oxygen atoms in total. The number of nitrogens with zero attached hydrogens (tertiary/aromatic N) is 2. The number of carbonyl (C=O) groups is 2. The number of aryl methyl sites for hydroxylation is 1. The maximum atomic E-state index is 13.6. The monoisotopic (exact) mass is 418 g/mol. The van der Waals surface area contributed by atoms with E-state index in [0.29, 0.717) is 23.1 Å². The molecule has 2 atom stereocenters. The summed E-state index contributed by atoms with van der Waals surface area (Å²) in [6, 6.07) is 15.4. The van der Waals surface area contributed by atoms with Gasteiger partial charge in [0.15, 0.2) is 0 Å². The average Bonchev–Trinajstić information content (AvgIpc) is 2.99. The van der Waals surface area contributed by atoms with E-state index in [9.17, 15) is 9.59 Å². The Kier molecular flexibility index (Phi) is 5.86. The number of carbonyl (C=O) groups excluding carboxylic acids is 2. The van der Waals surface area contributed by atoms with Crippen LogP contribution in [0.25, 0.3) is 5.57 Å². The normalized spacial score (nSPS) is 21.8. The lowest BCUT2D eigenvalue weighted by atomic mass is 9.91. The molecule has 2 aliphatic heterocycles. The van der Waals surface area contributed by atoms with Gasteiger partial charge in [-0.2, -0.15) is 0 Å². The van der Waals surface area contributed by atoms with E-state index in [1.165, 1.54) is 4.90 Å². The molecule has 2 unspecified atom stereocenters. The summed E-state index contributed by atoms with van der Waals surface area (Å²) in [6.45, 7) is 8.29. The van der Waals surface area contributed by atoms with Crippen LogP contribution in [0.15, 0.2) is 54.2 Å². The summed E-state index contributed by atoms with van der Waals surface area (Å²) in [7, 11) is 1.62. The van der Waals surface area contributed by atoms with Gasteiger partial charge >= 0.3 is 0 Å². The Balaban J connectivity index is 1.71. The van der Waals surface area contributed by atoms with Gasteiger partial charge in [-0.15, -0.1) is 0 Å². The van der Waals surface area contributed by atoms with Crippen LogP contribution in [0.3, 0.4) is 0 Å². The van der Waals surface area contributed by atoms with Crippen molar-refractivity contribution in [2.24, 2.45) is 11.8 Å². The number of methoxy groups -OCH3 is 1. The Morgan fingerprint density at radius 3 is 2.10 bits per heavy atom. The van der Waals surface area contributed by atoms with Crippen molar-refractivity contribution in [3.05, 3.63) is 70.9 Å². The van der Waals surface area contributed by atoms with Crippen LogP contribution in [0, 0.1) is 18.8 Å². The van der Waals surface area contributed by atoms with Crippen LogP contribution >= 0.6 is 0 Å². The number of likely N-dealkylation sites (tertiary alicyclic amines) is 1. The summed E-state index contributed by atoms with van der Waals surface area (Å²) < 4.78 is 5.22. The summed E-state index contributed by atoms with van der Waals surface area (Å²) in [5.74, 6) is 1.30. The number of hydrogen-bond acceptors (Lipinski definition) is 4. The number of piperidine rings is 1. The molecule has 1 saturated heterocycles. The third kappa shape index (κ3) is 4.22. The highest BCUT2D eigenvalue weighted by Gasteiger charge is 2.42. The predicted octanol–water partition coefficient (Wildman–Crippen LogP) is 4.26. The first-order valence-electron chi connectivity index (χ1n) is 10.9. The van der Waals surface area contributed by atoms with Crippen molar-refractivity contribution < 1.29 is 14.3 Å². The summed E-state index contributed by atoms with van der Waals surface area (Å²) >= 11 is 0. The van der Waals surface area contributed by atoms with Gasteiger partial charge in [0, 0.05) is 13.1 Å². The van der Waals surface area contributed by atoms with E-state index in [4.69, 9.17) is 4.74 Å². The van der Waals surface area contributed by atoms with Crippen molar-refractivity contribution in [1.82, 2.24) is 9.80 Å². The molecule has 5 heteroatoms. The van der Waals surface area contributed by atoms with E-state index in [2.05, 4.69) is 18.7 Å². The first-order chi connectivity index (χ1) is 14.9. The third-order valence-electron chi connectivity index (χ3n) is 6.17. The molecule has 0 bridgehead atoms. The number of hydrogen-bond donors (Lipinski definition) is 0. The van der Waals surface area contributed by atoms with E-state index in [-0.39, 0.29) is 18.4 Å². The molecule has 0 aliphatic carbocycles. The number of amides is 2. The molecule has 1 fully saturated rings. The molecule has 4 rings (SSSR count). The van der Waals surface area contributed by atoms with Crippen LogP contribution in [0.2, 0.25) is 0 Å². The summed E-state index contributed by atoms with van der Waals surface area (Å²) in [5.41, 5.74) is 3.91. The Morgan fingerprint density at radius 1 is 0.903 bits per heavy atom. The molecule has 2 amide bonds. The molecule has 2 heterocycles. The van der Waals surface area contributed by atoms with Gasteiger partial charge in [-0.3, -0.25) is 14.5 Å². The van der Waals surface area contributed by atoms with E-state index in [1.807, 2.05) is 55.5 Å². The van der Waals surface area contributed by atoms with Crippen molar-refractivity contribution in [1.29, 1.82) is 0 Å². The Labute approximate surface area is 184 Å². The largest absolute Gasteiger partial charge is 0.497 e. The second kappa shape index (κ2) is 8.58. The fraction of sp³-hybridized carbons (Fsp3) is 0.385. The fourth-order valence-electron chi connectivity index (χ4n) is 4.74. The second-order valence-corrected chi connectivity index (χ2v) is 8.99. The molecule has 2 aliphatic rings. The summed E-state index contributed by atoms with van der Waals surface area (Å²) in [6.07, 6.45) is 1.14. The number of imide groups is 1. The average molecular weight is 419 g/mol. The maximum Gasteiger partial charge on any atom is 0.278 e. The predicted molar refractivity (Wildman–Crippen MR) is 121 cm³/mol. The number of rotatable bonds is 5. The number of benzene rings is 2. The minimum Gasteiger partial charge on any atom is -0.497 e. The molecule has 0 saturated carbocycles. The van der Waals surface area contributed by atoms with Gasteiger partial charge in [-0.05, 0) is 48.4 Å². The third-order valence-corrected chi connectivity index (χ3v) is 6.17. The summed E-state index contributed by atoms with van der Waals surface area (Å²) in [4.78, 5) is 30.7. The van der Waals surface area contributed by atoms with E-state index in [0.717, 1.165) is 42.0 Å². The first kappa shape index (κ1) is 21.2. The SMILES string of the molecule is COc1ccc(CN2C(=O)C(c3ccc(C)cc3)=C(N3CC(C)CC(C)C3)C2=O)cc1. The lowest BCUT2D eigenvalue weighted by molar-refractivity contribution is -0.138. The molecule has 162 valence electrons.